The first-order chi connectivity index (χ1) is 13.4. The number of benzene rings is 2. The largest absolute Gasteiger partial charge is 0.469 e. The number of hydrogen-bond donors (Lipinski definition) is 0. The van der Waals surface area contributed by atoms with Gasteiger partial charge in [0, 0.05) is 31.9 Å². The minimum absolute atomic E-state index is 0.124. The second-order valence-electron chi connectivity index (χ2n) is 6.33. The molecular weight excluding hydrogens is 381 g/mol. The summed E-state index contributed by atoms with van der Waals surface area (Å²) in [5, 5.41) is 0. The van der Waals surface area contributed by atoms with Crippen molar-refractivity contribution in [3.8, 4) is 0 Å². The van der Waals surface area contributed by atoms with Crippen LogP contribution in [-0.4, -0.2) is 37.6 Å². The van der Waals surface area contributed by atoms with Crippen LogP contribution in [0.5, 0.6) is 0 Å². The van der Waals surface area contributed by atoms with Gasteiger partial charge in [-0.05, 0) is 42.5 Å². The highest BCUT2D eigenvalue weighted by molar-refractivity contribution is 7.16. The average Bonchev–Trinajstić information content (AvgIpc) is 3.01. The van der Waals surface area contributed by atoms with Gasteiger partial charge >= 0.3 is 5.97 Å². The van der Waals surface area contributed by atoms with Crippen LogP contribution in [0.25, 0.3) is 10.2 Å². The molecular formula is C20H20FN3O3S. The molecule has 6 nitrogen and oxygen atoms in total. The van der Waals surface area contributed by atoms with E-state index in [0.29, 0.717) is 20.6 Å². The van der Waals surface area contributed by atoms with E-state index in [1.54, 1.807) is 22.8 Å². The maximum absolute atomic E-state index is 13.6. The molecule has 0 spiro atoms. The molecule has 3 rings (SSSR count). The molecule has 0 bridgehead atoms. The highest BCUT2D eigenvalue weighted by Gasteiger charge is 2.12. The lowest BCUT2D eigenvalue weighted by molar-refractivity contribution is -0.140. The number of aryl methyl sites for hydroxylation is 1. The van der Waals surface area contributed by atoms with E-state index in [9.17, 15) is 14.0 Å². The van der Waals surface area contributed by atoms with Crippen molar-refractivity contribution in [2.45, 2.75) is 13.0 Å². The number of thiazole rings is 1. The third-order valence-electron chi connectivity index (χ3n) is 4.24. The van der Waals surface area contributed by atoms with Gasteiger partial charge in [-0.2, -0.15) is 4.99 Å². The third kappa shape index (κ3) is 4.28. The van der Waals surface area contributed by atoms with Gasteiger partial charge in [-0.3, -0.25) is 9.59 Å². The predicted octanol–water partition coefficient (Wildman–Crippen LogP) is 3.21. The van der Waals surface area contributed by atoms with Crippen molar-refractivity contribution in [3.05, 3.63) is 58.6 Å². The van der Waals surface area contributed by atoms with E-state index in [2.05, 4.69) is 4.99 Å². The number of halogens is 1. The van der Waals surface area contributed by atoms with Crippen LogP contribution in [0.15, 0.2) is 47.5 Å². The summed E-state index contributed by atoms with van der Waals surface area (Å²) in [6, 6.07) is 11.5. The number of esters is 1. The Hall–Kier alpha value is -3.00. The van der Waals surface area contributed by atoms with Crippen LogP contribution in [0.3, 0.4) is 0 Å². The highest BCUT2D eigenvalue weighted by Crippen LogP contribution is 2.19. The van der Waals surface area contributed by atoms with Crippen LogP contribution in [0.1, 0.15) is 16.8 Å². The van der Waals surface area contributed by atoms with Crippen molar-refractivity contribution in [1.82, 2.24) is 4.57 Å². The van der Waals surface area contributed by atoms with Crippen molar-refractivity contribution < 1.29 is 18.7 Å². The number of fused-ring (bicyclic) bond motifs is 1. The van der Waals surface area contributed by atoms with Gasteiger partial charge < -0.3 is 14.2 Å². The molecule has 0 N–H and O–H groups in total. The van der Waals surface area contributed by atoms with E-state index in [0.717, 1.165) is 5.69 Å². The molecule has 2 aromatic carbocycles. The Morgan fingerprint density at radius 2 is 1.89 bits per heavy atom. The predicted molar refractivity (Wildman–Crippen MR) is 107 cm³/mol. The smallest absolute Gasteiger partial charge is 0.307 e. The molecule has 1 heterocycles. The molecule has 0 saturated carbocycles. The van der Waals surface area contributed by atoms with E-state index in [1.807, 2.05) is 31.1 Å². The van der Waals surface area contributed by atoms with Gasteiger partial charge in [-0.1, -0.05) is 11.3 Å². The van der Waals surface area contributed by atoms with Crippen LogP contribution in [0, 0.1) is 5.82 Å². The number of aromatic nitrogens is 1. The van der Waals surface area contributed by atoms with Crippen LogP contribution < -0.4 is 9.70 Å². The zero-order valence-corrected chi connectivity index (χ0v) is 16.6. The van der Waals surface area contributed by atoms with Crippen molar-refractivity contribution in [2.24, 2.45) is 4.99 Å². The Balaban J connectivity index is 2.02. The molecule has 1 aromatic heterocycles. The van der Waals surface area contributed by atoms with Gasteiger partial charge in [0.05, 0.1) is 23.7 Å². The summed E-state index contributed by atoms with van der Waals surface area (Å²) in [6.07, 6.45) is 0.124. The molecule has 28 heavy (non-hydrogen) atoms. The Labute approximate surface area is 165 Å². The minimum atomic E-state index is -0.399. The third-order valence-corrected chi connectivity index (χ3v) is 5.28. The summed E-state index contributed by atoms with van der Waals surface area (Å²) in [7, 11) is 5.16. The Kier molecular flexibility index (Phi) is 5.89. The number of carbonyl (C=O) groups is 2. The second-order valence-corrected chi connectivity index (χ2v) is 7.34. The first-order valence-corrected chi connectivity index (χ1v) is 9.43. The van der Waals surface area contributed by atoms with Crippen molar-refractivity contribution in [3.63, 3.8) is 0 Å². The summed E-state index contributed by atoms with van der Waals surface area (Å²) in [4.78, 5) is 30.8. The van der Waals surface area contributed by atoms with Crippen LogP contribution in [0.2, 0.25) is 0 Å². The zero-order chi connectivity index (χ0) is 20.3. The maximum Gasteiger partial charge on any atom is 0.307 e. The molecule has 8 heteroatoms. The fourth-order valence-electron chi connectivity index (χ4n) is 2.71. The van der Waals surface area contributed by atoms with E-state index >= 15 is 0 Å². The Bertz CT molecular complexity index is 1080. The topological polar surface area (TPSA) is 63.9 Å². The first-order valence-electron chi connectivity index (χ1n) is 8.61. The molecule has 0 atom stereocenters. The zero-order valence-electron chi connectivity index (χ0n) is 15.8. The van der Waals surface area contributed by atoms with Gasteiger partial charge in [0.25, 0.3) is 5.91 Å². The van der Waals surface area contributed by atoms with Crippen molar-refractivity contribution in [2.75, 3.05) is 26.1 Å². The van der Waals surface area contributed by atoms with Crippen LogP contribution in [-0.2, 0) is 16.1 Å². The van der Waals surface area contributed by atoms with E-state index < -0.39 is 5.91 Å². The lowest BCUT2D eigenvalue weighted by atomic mass is 10.2. The molecule has 0 radical (unpaired) electrons. The average molecular weight is 401 g/mol. The summed E-state index contributed by atoms with van der Waals surface area (Å²) in [5.74, 6) is -1.14. The number of methoxy groups -OCH3 is 1. The number of ether oxygens (including phenoxy) is 1. The monoisotopic (exact) mass is 401 g/mol. The summed E-state index contributed by atoms with van der Waals surface area (Å²) in [6.45, 7) is 0.282. The minimum Gasteiger partial charge on any atom is -0.469 e. The summed E-state index contributed by atoms with van der Waals surface area (Å²) >= 11 is 1.20. The SMILES string of the molecule is COC(=O)CCn1c(=NC(=O)c2ccc(N(C)C)cc2)sc2cc(F)ccc21. The second kappa shape index (κ2) is 8.35. The fraction of sp³-hybridized carbons (Fsp3) is 0.250. The fourth-order valence-corrected chi connectivity index (χ4v) is 3.79. The van der Waals surface area contributed by atoms with Gasteiger partial charge in [-0.25, -0.2) is 4.39 Å². The van der Waals surface area contributed by atoms with Crippen LogP contribution in [0.4, 0.5) is 10.1 Å². The summed E-state index contributed by atoms with van der Waals surface area (Å²) in [5.41, 5.74) is 2.14. The molecule has 0 unspecified atom stereocenters. The molecule has 0 aliphatic carbocycles. The summed E-state index contributed by atoms with van der Waals surface area (Å²) < 4.78 is 20.7. The number of nitrogens with zero attached hydrogens (tertiary/aromatic N) is 3. The number of carbonyl (C=O) groups excluding carboxylic acids is 2. The lowest BCUT2D eigenvalue weighted by Gasteiger charge is -2.11. The van der Waals surface area contributed by atoms with E-state index in [-0.39, 0.29) is 24.8 Å². The van der Waals surface area contributed by atoms with Gasteiger partial charge in [0.15, 0.2) is 4.80 Å². The maximum atomic E-state index is 13.6. The first kappa shape index (κ1) is 19.8. The Morgan fingerprint density at radius 3 is 2.54 bits per heavy atom. The quantitative estimate of drug-likeness (QED) is 0.616. The molecule has 3 aromatic rings. The number of anilines is 1. The van der Waals surface area contributed by atoms with Gasteiger partial charge in [0.2, 0.25) is 0 Å². The van der Waals surface area contributed by atoms with E-state index in [1.165, 1.54) is 30.6 Å². The number of hydrogen-bond acceptors (Lipinski definition) is 5. The molecule has 1 amide bonds. The van der Waals surface area contributed by atoms with Crippen molar-refractivity contribution in [1.29, 1.82) is 0 Å². The number of rotatable bonds is 5. The van der Waals surface area contributed by atoms with Crippen molar-refractivity contribution >= 4 is 39.1 Å². The normalized spacial score (nSPS) is 11.6. The highest BCUT2D eigenvalue weighted by atomic mass is 32.1. The molecule has 0 saturated heterocycles. The van der Waals surface area contributed by atoms with Crippen LogP contribution >= 0.6 is 11.3 Å². The van der Waals surface area contributed by atoms with Gasteiger partial charge in [-0.15, -0.1) is 0 Å². The van der Waals surface area contributed by atoms with Gasteiger partial charge in [0.1, 0.15) is 5.82 Å². The van der Waals surface area contributed by atoms with E-state index in [4.69, 9.17) is 4.74 Å². The molecule has 0 fully saturated rings. The molecule has 0 aliphatic rings. The molecule has 0 aliphatic heterocycles. The standard InChI is InChI=1S/C20H20FN3O3S/c1-23(2)15-7-4-13(5-8-15)19(26)22-20-24(11-10-18(25)27-3)16-9-6-14(21)12-17(16)28-20/h4-9,12H,10-11H2,1-3H3. The Morgan fingerprint density at radius 1 is 1.18 bits per heavy atom. The molecule has 146 valence electrons. The number of amides is 1. The lowest BCUT2D eigenvalue weighted by Crippen LogP contribution is -2.19.